The summed E-state index contributed by atoms with van der Waals surface area (Å²) in [6, 6.07) is 9.66. The Morgan fingerprint density at radius 3 is 2.50 bits per heavy atom. The van der Waals surface area contributed by atoms with E-state index in [0.29, 0.717) is 0 Å². The second-order valence-corrected chi connectivity index (χ2v) is 3.35. The lowest BCUT2D eigenvalue weighted by Gasteiger charge is -2.12. The lowest BCUT2D eigenvalue weighted by atomic mass is 10.1. The van der Waals surface area contributed by atoms with Gasteiger partial charge in [0, 0.05) is 6.92 Å². The molecule has 1 unspecified atom stereocenters. The SMILES string of the molecule is C/C=C/C=C/C(OC(C)=O)c1ccccc1. The molecule has 0 bridgehead atoms. The number of rotatable bonds is 4. The number of allylic oxidation sites excluding steroid dienone is 3. The van der Waals surface area contributed by atoms with Crippen molar-refractivity contribution in [2.45, 2.75) is 20.0 Å². The summed E-state index contributed by atoms with van der Waals surface area (Å²) in [6.45, 7) is 3.35. The van der Waals surface area contributed by atoms with E-state index in [4.69, 9.17) is 4.74 Å². The average molecular weight is 216 g/mol. The van der Waals surface area contributed by atoms with E-state index in [0.717, 1.165) is 5.56 Å². The first-order valence-electron chi connectivity index (χ1n) is 5.25. The van der Waals surface area contributed by atoms with Crippen molar-refractivity contribution < 1.29 is 9.53 Å². The number of hydrogen-bond acceptors (Lipinski definition) is 2. The molecule has 1 aromatic rings. The number of carbonyl (C=O) groups is 1. The molecule has 2 nitrogen and oxygen atoms in total. The average Bonchev–Trinajstić information content (AvgIpc) is 2.29. The molecule has 1 rings (SSSR count). The molecule has 0 aromatic heterocycles. The highest BCUT2D eigenvalue weighted by molar-refractivity contribution is 5.66. The Morgan fingerprint density at radius 1 is 1.25 bits per heavy atom. The molecule has 0 fully saturated rings. The fourth-order valence-corrected chi connectivity index (χ4v) is 1.32. The highest BCUT2D eigenvalue weighted by atomic mass is 16.5. The van der Waals surface area contributed by atoms with Gasteiger partial charge in [0.05, 0.1) is 0 Å². The first kappa shape index (κ1) is 12.2. The largest absolute Gasteiger partial charge is 0.453 e. The summed E-state index contributed by atoms with van der Waals surface area (Å²) in [4.78, 5) is 11.0. The smallest absolute Gasteiger partial charge is 0.303 e. The minimum absolute atomic E-state index is 0.279. The van der Waals surface area contributed by atoms with Crippen LogP contribution in [0.3, 0.4) is 0 Å². The van der Waals surface area contributed by atoms with E-state index >= 15 is 0 Å². The standard InChI is InChI=1S/C14H16O2/c1-3-4-6-11-14(16-12(2)15)13-9-7-5-8-10-13/h3-11,14H,1-2H3/b4-3+,11-6+. The van der Waals surface area contributed by atoms with Gasteiger partial charge in [0.1, 0.15) is 6.10 Å². The van der Waals surface area contributed by atoms with Gasteiger partial charge < -0.3 is 4.74 Å². The Bertz CT molecular complexity index is 377. The van der Waals surface area contributed by atoms with Crippen LogP contribution < -0.4 is 0 Å². The molecule has 0 aliphatic heterocycles. The molecule has 0 radical (unpaired) electrons. The molecule has 0 N–H and O–H groups in total. The molecule has 0 aliphatic rings. The molecule has 1 atom stereocenters. The van der Waals surface area contributed by atoms with Crippen LogP contribution in [0, 0.1) is 0 Å². The summed E-state index contributed by atoms with van der Waals surface area (Å²) >= 11 is 0. The predicted octanol–water partition coefficient (Wildman–Crippen LogP) is 3.42. The van der Waals surface area contributed by atoms with Gasteiger partial charge in [-0.15, -0.1) is 0 Å². The Balaban J connectivity index is 2.83. The first-order valence-corrected chi connectivity index (χ1v) is 5.25. The van der Waals surface area contributed by atoms with Gasteiger partial charge in [0.15, 0.2) is 0 Å². The Morgan fingerprint density at radius 2 is 1.94 bits per heavy atom. The number of ether oxygens (including phenoxy) is 1. The zero-order valence-corrected chi connectivity index (χ0v) is 9.59. The molecule has 0 aliphatic carbocycles. The third-order valence-electron chi connectivity index (χ3n) is 2.01. The van der Waals surface area contributed by atoms with E-state index in [9.17, 15) is 4.79 Å². The van der Waals surface area contributed by atoms with E-state index in [1.165, 1.54) is 6.92 Å². The van der Waals surface area contributed by atoms with Crippen LogP contribution in [0.2, 0.25) is 0 Å². The Kier molecular flexibility index (Phi) is 5.06. The van der Waals surface area contributed by atoms with E-state index in [1.54, 1.807) is 0 Å². The summed E-state index contributed by atoms with van der Waals surface area (Å²) in [5.41, 5.74) is 0.971. The van der Waals surface area contributed by atoms with Crippen molar-refractivity contribution in [3.63, 3.8) is 0 Å². The van der Waals surface area contributed by atoms with Gasteiger partial charge in [-0.1, -0.05) is 48.6 Å². The van der Waals surface area contributed by atoms with E-state index in [1.807, 2.05) is 61.6 Å². The second kappa shape index (κ2) is 6.62. The molecule has 0 heterocycles. The molecule has 2 heteroatoms. The van der Waals surface area contributed by atoms with Crippen LogP contribution in [0.1, 0.15) is 25.5 Å². The van der Waals surface area contributed by atoms with E-state index < -0.39 is 0 Å². The minimum atomic E-state index is -0.310. The van der Waals surface area contributed by atoms with Gasteiger partial charge >= 0.3 is 5.97 Å². The molecule has 0 amide bonds. The van der Waals surface area contributed by atoms with Crippen LogP contribution in [-0.4, -0.2) is 5.97 Å². The van der Waals surface area contributed by atoms with Crippen molar-refractivity contribution in [1.82, 2.24) is 0 Å². The quantitative estimate of drug-likeness (QED) is 0.569. The fourth-order valence-electron chi connectivity index (χ4n) is 1.32. The zero-order chi connectivity index (χ0) is 11.8. The number of benzene rings is 1. The van der Waals surface area contributed by atoms with Gasteiger partial charge in [0.25, 0.3) is 0 Å². The molecule has 0 saturated carbocycles. The minimum Gasteiger partial charge on any atom is -0.453 e. The molecule has 1 aromatic carbocycles. The van der Waals surface area contributed by atoms with Crippen molar-refractivity contribution in [3.05, 3.63) is 60.2 Å². The fraction of sp³-hybridized carbons (Fsp3) is 0.214. The molecular formula is C14H16O2. The highest BCUT2D eigenvalue weighted by Gasteiger charge is 2.09. The Hall–Kier alpha value is -1.83. The lowest BCUT2D eigenvalue weighted by Crippen LogP contribution is -2.05. The van der Waals surface area contributed by atoms with Crippen LogP contribution in [0.15, 0.2) is 54.6 Å². The summed E-state index contributed by atoms with van der Waals surface area (Å²) in [5.74, 6) is -0.279. The maximum Gasteiger partial charge on any atom is 0.303 e. The summed E-state index contributed by atoms with van der Waals surface area (Å²) in [5, 5.41) is 0. The van der Waals surface area contributed by atoms with Gasteiger partial charge in [-0.3, -0.25) is 4.79 Å². The summed E-state index contributed by atoms with van der Waals surface area (Å²) < 4.78 is 5.22. The van der Waals surface area contributed by atoms with Gasteiger partial charge in [-0.2, -0.15) is 0 Å². The van der Waals surface area contributed by atoms with Crippen LogP contribution >= 0.6 is 0 Å². The number of esters is 1. The summed E-state index contributed by atoms with van der Waals surface area (Å²) in [7, 11) is 0. The third kappa shape index (κ3) is 4.13. The second-order valence-electron chi connectivity index (χ2n) is 3.35. The van der Waals surface area contributed by atoms with E-state index in [-0.39, 0.29) is 12.1 Å². The van der Waals surface area contributed by atoms with Crippen LogP contribution in [0.5, 0.6) is 0 Å². The van der Waals surface area contributed by atoms with Crippen molar-refractivity contribution in [1.29, 1.82) is 0 Å². The monoisotopic (exact) mass is 216 g/mol. The third-order valence-corrected chi connectivity index (χ3v) is 2.01. The molecular weight excluding hydrogens is 200 g/mol. The van der Waals surface area contributed by atoms with Crippen molar-refractivity contribution in [3.8, 4) is 0 Å². The topological polar surface area (TPSA) is 26.3 Å². The van der Waals surface area contributed by atoms with Crippen LogP contribution in [0.25, 0.3) is 0 Å². The van der Waals surface area contributed by atoms with Gasteiger partial charge in [-0.05, 0) is 18.6 Å². The van der Waals surface area contributed by atoms with Crippen molar-refractivity contribution in [2.75, 3.05) is 0 Å². The van der Waals surface area contributed by atoms with Gasteiger partial charge in [-0.25, -0.2) is 0 Å². The van der Waals surface area contributed by atoms with E-state index in [2.05, 4.69) is 0 Å². The highest BCUT2D eigenvalue weighted by Crippen LogP contribution is 2.18. The normalized spacial score (nSPS) is 13.1. The first-order chi connectivity index (χ1) is 7.74. The summed E-state index contributed by atoms with van der Waals surface area (Å²) in [6.07, 6.45) is 7.25. The Labute approximate surface area is 96.2 Å². The van der Waals surface area contributed by atoms with Crippen molar-refractivity contribution >= 4 is 5.97 Å². The maximum atomic E-state index is 11.0. The number of carbonyl (C=O) groups excluding carboxylic acids is 1. The molecule has 16 heavy (non-hydrogen) atoms. The zero-order valence-electron chi connectivity index (χ0n) is 9.59. The van der Waals surface area contributed by atoms with Crippen LogP contribution in [0.4, 0.5) is 0 Å². The molecule has 0 saturated heterocycles. The molecule has 84 valence electrons. The maximum absolute atomic E-state index is 11.0. The van der Waals surface area contributed by atoms with Crippen molar-refractivity contribution in [2.24, 2.45) is 0 Å². The van der Waals surface area contributed by atoms with Gasteiger partial charge in [0.2, 0.25) is 0 Å². The number of hydrogen-bond donors (Lipinski definition) is 0. The lowest BCUT2D eigenvalue weighted by molar-refractivity contribution is -0.144. The predicted molar refractivity (Wildman–Crippen MR) is 64.9 cm³/mol. The van der Waals surface area contributed by atoms with Crippen LogP contribution in [-0.2, 0) is 9.53 Å². The molecule has 0 spiro atoms.